The third-order valence-corrected chi connectivity index (χ3v) is 5.03. The van der Waals surface area contributed by atoms with Crippen molar-refractivity contribution < 1.29 is 8.42 Å². The van der Waals surface area contributed by atoms with Crippen LogP contribution in [0, 0.1) is 0 Å². The second-order valence-corrected chi connectivity index (χ2v) is 6.98. The Kier molecular flexibility index (Phi) is 4.92. The zero-order chi connectivity index (χ0) is 14.6. The van der Waals surface area contributed by atoms with Crippen LogP contribution in [0.25, 0.3) is 0 Å². The van der Waals surface area contributed by atoms with Crippen molar-refractivity contribution in [1.29, 1.82) is 0 Å². The van der Waals surface area contributed by atoms with Crippen LogP contribution in [0.3, 0.4) is 0 Å². The van der Waals surface area contributed by atoms with Crippen molar-refractivity contribution in [2.75, 3.05) is 18.9 Å². The number of nitrogens with zero attached hydrogens (tertiary/aromatic N) is 2. The first-order valence-corrected chi connectivity index (χ1v) is 8.48. The Balaban J connectivity index is 2.04. The van der Waals surface area contributed by atoms with Gasteiger partial charge < -0.3 is 5.32 Å². The summed E-state index contributed by atoms with van der Waals surface area (Å²) in [5, 5.41) is 5.76. The molecule has 0 aliphatic heterocycles. The molecule has 2 N–H and O–H groups in total. The van der Waals surface area contributed by atoms with Gasteiger partial charge in [-0.25, -0.2) is 23.1 Å². The molecule has 108 valence electrons. The van der Waals surface area contributed by atoms with Gasteiger partial charge in [-0.2, -0.15) is 0 Å². The topological polar surface area (TPSA) is 84.0 Å². The maximum Gasteiger partial charge on any atom is 0.242 e. The first-order chi connectivity index (χ1) is 9.53. The van der Waals surface area contributed by atoms with Crippen molar-refractivity contribution in [3.63, 3.8) is 0 Å². The number of halogens is 1. The average Bonchev–Trinajstić information content (AvgIpc) is 2.91. The van der Waals surface area contributed by atoms with Crippen LogP contribution in [0.5, 0.6) is 0 Å². The van der Waals surface area contributed by atoms with E-state index in [0.717, 1.165) is 5.01 Å². The van der Waals surface area contributed by atoms with Crippen LogP contribution in [0.4, 0.5) is 5.82 Å². The van der Waals surface area contributed by atoms with Crippen LogP contribution in [0.1, 0.15) is 5.01 Å². The lowest BCUT2D eigenvalue weighted by molar-refractivity contribution is 0.581. The number of thiazole rings is 1. The maximum absolute atomic E-state index is 12.1. The van der Waals surface area contributed by atoms with Gasteiger partial charge >= 0.3 is 0 Å². The number of nitrogens with one attached hydrogen (secondary N) is 2. The summed E-state index contributed by atoms with van der Waals surface area (Å²) in [6.07, 6.45) is 3.50. The second kappa shape index (κ2) is 6.49. The molecule has 2 rings (SSSR count). The van der Waals surface area contributed by atoms with Gasteiger partial charge in [0.2, 0.25) is 10.0 Å². The van der Waals surface area contributed by atoms with Gasteiger partial charge in [0.1, 0.15) is 10.7 Å². The highest BCUT2D eigenvalue weighted by Crippen LogP contribution is 2.21. The van der Waals surface area contributed by atoms with Gasteiger partial charge in [0, 0.05) is 37.8 Å². The van der Waals surface area contributed by atoms with E-state index >= 15 is 0 Å². The van der Waals surface area contributed by atoms with Crippen molar-refractivity contribution in [3.8, 4) is 0 Å². The van der Waals surface area contributed by atoms with Crippen molar-refractivity contribution >= 4 is 38.8 Å². The molecule has 0 aliphatic rings. The van der Waals surface area contributed by atoms with Crippen molar-refractivity contribution in [3.05, 3.63) is 33.9 Å². The van der Waals surface area contributed by atoms with E-state index in [1.807, 2.05) is 5.38 Å². The van der Waals surface area contributed by atoms with Gasteiger partial charge in [0.25, 0.3) is 0 Å². The van der Waals surface area contributed by atoms with E-state index in [9.17, 15) is 8.42 Å². The molecule has 9 heteroatoms. The van der Waals surface area contributed by atoms with Crippen LogP contribution < -0.4 is 10.0 Å². The van der Waals surface area contributed by atoms with Gasteiger partial charge in [0.15, 0.2) is 0 Å². The molecule has 0 spiro atoms. The molecule has 20 heavy (non-hydrogen) atoms. The minimum atomic E-state index is -3.61. The quantitative estimate of drug-likeness (QED) is 0.842. The number of hydrogen-bond acceptors (Lipinski definition) is 6. The summed E-state index contributed by atoms with van der Waals surface area (Å²) >= 11 is 7.41. The van der Waals surface area contributed by atoms with E-state index in [2.05, 4.69) is 20.0 Å². The predicted octanol–water partition coefficient (Wildman–Crippen LogP) is 1.75. The monoisotopic (exact) mass is 332 g/mol. The molecule has 0 amide bonds. The fourth-order valence-corrected chi connectivity index (χ4v) is 3.45. The van der Waals surface area contributed by atoms with Gasteiger partial charge in [-0.15, -0.1) is 11.3 Å². The smallest absolute Gasteiger partial charge is 0.242 e. The highest BCUT2D eigenvalue weighted by atomic mass is 35.5. The molecule has 0 radical (unpaired) electrons. The van der Waals surface area contributed by atoms with Crippen molar-refractivity contribution in [1.82, 2.24) is 14.7 Å². The molecule has 0 aliphatic carbocycles. The first-order valence-electron chi connectivity index (χ1n) is 5.74. The molecule has 0 saturated heterocycles. The lowest BCUT2D eigenvalue weighted by Crippen LogP contribution is -2.26. The van der Waals surface area contributed by atoms with E-state index in [1.165, 1.54) is 23.6 Å². The Labute approximate surface area is 126 Å². The van der Waals surface area contributed by atoms with Crippen LogP contribution in [0.2, 0.25) is 5.02 Å². The van der Waals surface area contributed by atoms with Gasteiger partial charge in [-0.3, -0.25) is 0 Å². The van der Waals surface area contributed by atoms with E-state index in [4.69, 9.17) is 11.6 Å². The zero-order valence-corrected chi connectivity index (χ0v) is 13.0. The number of rotatable bonds is 6. The van der Waals surface area contributed by atoms with Gasteiger partial charge in [-0.05, 0) is 6.07 Å². The van der Waals surface area contributed by atoms with Crippen LogP contribution >= 0.6 is 22.9 Å². The molecule has 0 saturated carbocycles. The summed E-state index contributed by atoms with van der Waals surface area (Å²) < 4.78 is 26.6. The Morgan fingerprint density at radius 1 is 1.40 bits per heavy atom. The second-order valence-electron chi connectivity index (χ2n) is 3.83. The Hall–Kier alpha value is -1.22. The van der Waals surface area contributed by atoms with Crippen LogP contribution in [-0.2, 0) is 16.4 Å². The molecule has 0 atom stereocenters. The highest BCUT2D eigenvalue weighted by Gasteiger charge is 2.16. The number of anilines is 1. The molecule has 0 bridgehead atoms. The largest absolute Gasteiger partial charge is 0.372 e. The van der Waals surface area contributed by atoms with Crippen LogP contribution in [-0.4, -0.2) is 32.0 Å². The molecular formula is C11H13ClN4O2S2. The summed E-state index contributed by atoms with van der Waals surface area (Å²) in [7, 11) is -1.95. The van der Waals surface area contributed by atoms with Crippen molar-refractivity contribution in [2.24, 2.45) is 0 Å². The van der Waals surface area contributed by atoms with Crippen molar-refractivity contribution in [2.45, 2.75) is 11.3 Å². The summed E-state index contributed by atoms with van der Waals surface area (Å²) in [6, 6.07) is 1.37. The third kappa shape index (κ3) is 3.66. The standard InChI is InChI=1S/C11H13ClN4O2S2/c1-13-11-9(12)6-8(7-15-11)20(17,18)16-3-2-10-14-4-5-19-10/h4-7,16H,2-3H2,1H3,(H,13,15). The lowest BCUT2D eigenvalue weighted by Gasteiger charge is -2.08. The van der Waals surface area contributed by atoms with E-state index in [-0.39, 0.29) is 16.5 Å². The third-order valence-electron chi connectivity index (χ3n) is 2.48. The predicted molar refractivity (Wildman–Crippen MR) is 79.8 cm³/mol. The molecule has 0 aromatic carbocycles. The minimum Gasteiger partial charge on any atom is -0.372 e. The fourth-order valence-electron chi connectivity index (χ4n) is 1.50. The van der Waals surface area contributed by atoms with E-state index in [0.29, 0.717) is 12.2 Å². The molecule has 2 aromatic heterocycles. The number of pyridine rings is 1. The van der Waals surface area contributed by atoms with Gasteiger partial charge in [0.05, 0.1) is 10.0 Å². The zero-order valence-electron chi connectivity index (χ0n) is 10.6. The highest BCUT2D eigenvalue weighted by molar-refractivity contribution is 7.89. The molecule has 6 nitrogen and oxygen atoms in total. The van der Waals surface area contributed by atoms with Gasteiger partial charge in [-0.1, -0.05) is 11.6 Å². The van der Waals surface area contributed by atoms with E-state index in [1.54, 1.807) is 13.2 Å². The molecule has 0 unspecified atom stereocenters. The summed E-state index contributed by atoms with van der Waals surface area (Å²) in [4.78, 5) is 8.08. The van der Waals surface area contributed by atoms with Crippen LogP contribution in [0.15, 0.2) is 28.7 Å². The Morgan fingerprint density at radius 2 is 2.20 bits per heavy atom. The molecule has 0 fully saturated rings. The Bertz CT molecular complexity index is 674. The molecular weight excluding hydrogens is 320 g/mol. The lowest BCUT2D eigenvalue weighted by atomic mass is 10.4. The summed E-state index contributed by atoms with van der Waals surface area (Å²) in [5.74, 6) is 0.438. The normalized spacial score (nSPS) is 11.5. The SMILES string of the molecule is CNc1ncc(S(=O)(=O)NCCc2nccs2)cc1Cl. The van der Waals surface area contributed by atoms with E-state index < -0.39 is 10.0 Å². The number of hydrogen-bond donors (Lipinski definition) is 2. The Morgan fingerprint density at radius 3 is 2.80 bits per heavy atom. The maximum atomic E-state index is 12.1. The number of sulfonamides is 1. The molecule has 2 aromatic rings. The molecule has 2 heterocycles. The summed E-state index contributed by atoms with van der Waals surface area (Å²) in [6.45, 7) is 0.279. The average molecular weight is 333 g/mol. The summed E-state index contributed by atoms with van der Waals surface area (Å²) in [5.41, 5.74) is 0. The first kappa shape index (κ1) is 15.2. The fraction of sp³-hybridized carbons (Fsp3) is 0.273. The number of aromatic nitrogens is 2. The minimum absolute atomic E-state index is 0.0423.